The number of fused-ring (bicyclic) bond motifs is 2. The highest BCUT2D eigenvalue weighted by Gasteiger charge is 2.30. The molecule has 32 heavy (non-hydrogen) atoms. The first-order valence-electron chi connectivity index (χ1n) is 9.97. The van der Waals surface area contributed by atoms with Crippen molar-refractivity contribution >= 4 is 39.4 Å². The van der Waals surface area contributed by atoms with E-state index in [2.05, 4.69) is 15.9 Å². The summed E-state index contributed by atoms with van der Waals surface area (Å²) in [5.74, 6) is 1.96. The van der Waals surface area contributed by atoms with Gasteiger partial charge in [0.2, 0.25) is 5.78 Å². The lowest BCUT2D eigenvalue weighted by molar-refractivity contribution is -0.0175. The van der Waals surface area contributed by atoms with E-state index in [1.165, 1.54) is 0 Å². The van der Waals surface area contributed by atoms with Crippen LogP contribution in [0, 0.1) is 6.92 Å². The van der Waals surface area contributed by atoms with Gasteiger partial charge in [0.25, 0.3) is 0 Å². The SMILES string of the molecule is Cc1cc(OCc2cc(Cl)cc3c2OCOC3)cc2c1C(=O)/C(=C/c1ccccc1Br)O2. The zero-order valence-corrected chi connectivity index (χ0v) is 19.5. The molecule has 0 N–H and O–H groups in total. The number of halogens is 2. The number of allylic oxidation sites excluding steroid dienone is 1. The molecule has 0 amide bonds. The number of ether oxygens (including phenoxy) is 4. The maximum atomic E-state index is 12.9. The average Bonchev–Trinajstić information content (AvgIpc) is 3.09. The monoisotopic (exact) mass is 512 g/mol. The number of hydrogen-bond donors (Lipinski definition) is 0. The topological polar surface area (TPSA) is 54.0 Å². The van der Waals surface area contributed by atoms with Gasteiger partial charge in [0.05, 0.1) is 12.2 Å². The predicted molar refractivity (Wildman–Crippen MR) is 124 cm³/mol. The number of benzene rings is 3. The van der Waals surface area contributed by atoms with Crippen LogP contribution in [0.1, 0.15) is 32.6 Å². The van der Waals surface area contributed by atoms with Gasteiger partial charge in [0, 0.05) is 26.7 Å². The van der Waals surface area contributed by atoms with Crippen LogP contribution < -0.4 is 14.2 Å². The van der Waals surface area contributed by atoms with Gasteiger partial charge in [0.15, 0.2) is 12.6 Å². The fourth-order valence-electron chi connectivity index (χ4n) is 3.82. The first kappa shape index (κ1) is 21.1. The van der Waals surface area contributed by atoms with Gasteiger partial charge in [-0.1, -0.05) is 45.7 Å². The van der Waals surface area contributed by atoms with E-state index in [9.17, 15) is 4.79 Å². The van der Waals surface area contributed by atoms with Crippen LogP contribution >= 0.6 is 27.5 Å². The molecular formula is C25H18BrClO5. The van der Waals surface area contributed by atoms with Crippen molar-refractivity contribution in [1.29, 1.82) is 0 Å². The van der Waals surface area contributed by atoms with E-state index in [0.717, 1.165) is 32.5 Å². The minimum Gasteiger partial charge on any atom is -0.489 e. The van der Waals surface area contributed by atoms with E-state index in [1.54, 1.807) is 12.1 Å². The summed E-state index contributed by atoms with van der Waals surface area (Å²) in [6.07, 6.45) is 1.74. The fourth-order valence-corrected chi connectivity index (χ4v) is 4.48. The molecule has 0 aromatic heterocycles. The third kappa shape index (κ3) is 4.01. The van der Waals surface area contributed by atoms with Crippen molar-refractivity contribution in [1.82, 2.24) is 0 Å². The molecule has 3 aromatic rings. The summed E-state index contributed by atoms with van der Waals surface area (Å²) < 4.78 is 23.8. The molecule has 3 aromatic carbocycles. The molecule has 0 unspecified atom stereocenters. The van der Waals surface area contributed by atoms with E-state index < -0.39 is 0 Å². The first-order chi connectivity index (χ1) is 15.5. The Morgan fingerprint density at radius 2 is 2.03 bits per heavy atom. The van der Waals surface area contributed by atoms with Crippen molar-refractivity contribution in [2.75, 3.05) is 6.79 Å². The number of aryl methyl sites for hydroxylation is 1. The van der Waals surface area contributed by atoms with Crippen LogP contribution in [0.15, 0.2) is 58.8 Å². The van der Waals surface area contributed by atoms with Crippen molar-refractivity contribution in [3.63, 3.8) is 0 Å². The second-order valence-electron chi connectivity index (χ2n) is 7.53. The number of ketones is 1. The Morgan fingerprint density at radius 1 is 1.19 bits per heavy atom. The fraction of sp³-hybridized carbons (Fsp3) is 0.160. The Bertz CT molecular complexity index is 1270. The molecule has 162 valence electrons. The van der Waals surface area contributed by atoms with Gasteiger partial charge < -0.3 is 18.9 Å². The van der Waals surface area contributed by atoms with Crippen LogP contribution in [-0.4, -0.2) is 12.6 Å². The van der Waals surface area contributed by atoms with Gasteiger partial charge in [-0.2, -0.15) is 0 Å². The zero-order valence-electron chi connectivity index (χ0n) is 17.1. The standard InChI is InChI=1S/C25H18BrClO5/c1-14-6-19(30-12-17-8-18(27)7-16-11-29-13-31-25(16)17)10-21-23(14)24(28)22(32-21)9-15-4-2-3-5-20(15)26/h2-10H,11-13H2,1H3/b22-9-. The highest BCUT2D eigenvalue weighted by atomic mass is 79.9. The summed E-state index contributed by atoms with van der Waals surface area (Å²) in [6.45, 7) is 2.77. The molecule has 0 aliphatic carbocycles. The Kier molecular flexibility index (Phi) is 5.67. The molecule has 0 atom stereocenters. The number of Topliss-reactive ketones (excluding diaryl/α,β-unsaturated/α-hetero) is 1. The molecule has 2 heterocycles. The molecule has 0 fully saturated rings. The van der Waals surface area contributed by atoms with Crippen LogP contribution in [0.3, 0.4) is 0 Å². The summed E-state index contributed by atoms with van der Waals surface area (Å²) in [7, 11) is 0. The third-order valence-electron chi connectivity index (χ3n) is 5.28. The summed E-state index contributed by atoms with van der Waals surface area (Å²) in [6, 6.07) is 14.9. The molecule has 0 saturated carbocycles. The van der Waals surface area contributed by atoms with Crippen LogP contribution in [0.5, 0.6) is 17.2 Å². The molecule has 0 radical (unpaired) electrons. The molecule has 0 saturated heterocycles. The van der Waals surface area contributed by atoms with Gasteiger partial charge in [0.1, 0.15) is 23.9 Å². The largest absolute Gasteiger partial charge is 0.489 e. The molecule has 5 rings (SSSR count). The second kappa shape index (κ2) is 8.62. The maximum Gasteiger partial charge on any atom is 0.232 e. The minimum absolute atomic E-state index is 0.142. The van der Waals surface area contributed by atoms with Crippen molar-refractivity contribution in [3.05, 3.63) is 91.6 Å². The van der Waals surface area contributed by atoms with Crippen molar-refractivity contribution < 1.29 is 23.7 Å². The van der Waals surface area contributed by atoms with E-state index in [-0.39, 0.29) is 24.9 Å². The van der Waals surface area contributed by atoms with Crippen LogP contribution in [0.4, 0.5) is 0 Å². The zero-order chi connectivity index (χ0) is 22.2. The van der Waals surface area contributed by atoms with Crippen LogP contribution in [0.25, 0.3) is 6.08 Å². The van der Waals surface area contributed by atoms with Gasteiger partial charge in [-0.3, -0.25) is 4.79 Å². The lowest BCUT2D eigenvalue weighted by atomic mass is 10.0. The second-order valence-corrected chi connectivity index (χ2v) is 8.82. The minimum atomic E-state index is -0.142. The van der Waals surface area contributed by atoms with E-state index in [1.807, 2.05) is 49.4 Å². The summed E-state index contributed by atoms with van der Waals surface area (Å²) in [5, 5.41) is 0.595. The van der Waals surface area contributed by atoms with Crippen LogP contribution in [0.2, 0.25) is 5.02 Å². The van der Waals surface area contributed by atoms with Gasteiger partial charge in [-0.05, 0) is 48.4 Å². The van der Waals surface area contributed by atoms with Crippen molar-refractivity contribution in [2.24, 2.45) is 0 Å². The Morgan fingerprint density at radius 3 is 2.88 bits per heavy atom. The van der Waals surface area contributed by atoms with E-state index >= 15 is 0 Å². The molecule has 0 bridgehead atoms. The Hall–Kier alpha value is -2.80. The first-order valence-corrected chi connectivity index (χ1v) is 11.1. The lowest BCUT2D eigenvalue weighted by Gasteiger charge is -2.21. The molecule has 5 nitrogen and oxygen atoms in total. The van der Waals surface area contributed by atoms with Gasteiger partial charge in [-0.15, -0.1) is 0 Å². The Balaban J connectivity index is 1.40. The highest BCUT2D eigenvalue weighted by molar-refractivity contribution is 9.10. The van der Waals surface area contributed by atoms with Gasteiger partial charge >= 0.3 is 0 Å². The van der Waals surface area contributed by atoms with E-state index in [4.69, 9.17) is 30.5 Å². The molecular weight excluding hydrogens is 496 g/mol. The Labute approximate surface area is 198 Å². The number of hydrogen-bond acceptors (Lipinski definition) is 5. The predicted octanol–water partition coefficient (Wildman–Crippen LogP) is 6.47. The molecule has 2 aliphatic rings. The molecule has 7 heteroatoms. The quantitative estimate of drug-likeness (QED) is 0.374. The summed E-state index contributed by atoms with van der Waals surface area (Å²) >= 11 is 9.74. The summed E-state index contributed by atoms with van der Waals surface area (Å²) in [4.78, 5) is 12.9. The van der Waals surface area contributed by atoms with Crippen molar-refractivity contribution in [2.45, 2.75) is 20.1 Å². The highest BCUT2D eigenvalue weighted by Crippen LogP contribution is 2.39. The van der Waals surface area contributed by atoms with Gasteiger partial charge in [-0.25, -0.2) is 0 Å². The number of carbonyl (C=O) groups is 1. The number of rotatable bonds is 4. The van der Waals surface area contributed by atoms with Crippen molar-refractivity contribution in [3.8, 4) is 17.2 Å². The number of carbonyl (C=O) groups excluding carboxylic acids is 1. The summed E-state index contributed by atoms with van der Waals surface area (Å²) in [5.41, 5.74) is 3.93. The smallest absolute Gasteiger partial charge is 0.232 e. The molecule has 0 spiro atoms. The van der Waals surface area contributed by atoms with E-state index in [0.29, 0.717) is 28.7 Å². The third-order valence-corrected chi connectivity index (χ3v) is 6.22. The van der Waals surface area contributed by atoms with Crippen LogP contribution in [-0.2, 0) is 18.0 Å². The molecule has 2 aliphatic heterocycles. The maximum absolute atomic E-state index is 12.9. The normalized spacial score (nSPS) is 15.7. The lowest BCUT2D eigenvalue weighted by Crippen LogP contribution is -2.14. The average molecular weight is 514 g/mol.